The molecule has 0 aliphatic carbocycles. The molecule has 8 heteroatoms. The Morgan fingerprint density at radius 3 is 2.50 bits per heavy atom. The molecule has 150 valence electrons. The minimum atomic E-state index is -0.271. The molecule has 0 heterocycles. The molecule has 0 bridgehead atoms. The Bertz CT molecular complexity index is 489. The van der Waals surface area contributed by atoms with Gasteiger partial charge in [0.25, 0.3) is 0 Å². The van der Waals surface area contributed by atoms with E-state index in [1.54, 1.807) is 26.3 Å². The first-order chi connectivity index (χ1) is 12.2. The molecule has 0 aliphatic rings. The Balaban J connectivity index is 0.00000625. The van der Waals surface area contributed by atoms with Crippen LogP contribution in [0.4, 0.5) is 4.39 Å². The van der Waals surface area contributed by atoms with Crippen molar-refractivity contribution in [3.8, 4) is 5.75 Å². The molecular formula is C18H31FIN3O3. The van der Waals surface area contributed by atoms with Gasteiger partial charge in [-0.1, -0.05) is 0 Å². The van der Waals surface area contributed by atoms with Crippen LogP contribution in [0.25, 0.3) is 0 Å². The molecule has 1 atom stereocenters. The van der Waals surface area contributed by atoms with Crippen LogP contribution in [0.3, 0.4) is 0 Å². The highest BCUT2D eigenvalue weighted by Gasteiger charge is 2.05. The predicted molar refractivity (Wildman–Crippen MR) is 113 cm³/mol. The van der Waals surface area contributed by atoms with Crippen LogP contribution in [0.1, 0.15) is 19.8 Å². The van der Waals surface area contributed by atoms with Gasteiger partial charge in [0.15, 0.2) is 5.96 Å². The van der Waals surface area contributed by atoms with Gasteiger partial charge in [0.1, 0.15) is 17.7 Å². The topological polar surface area (TPSA) is 64.1 Å². The predicted octanol–water partition coefficient (Wildman–Crippen LogP) is 2.82. The second-order valence-electron chi connectivity index (χ2n) is 5.57. The van der Waals surface area contributed by atoms with Crippen LogP contribution in [0.15, 0.2) is 29.3 Å². The molecule has 0 saturated heterocycles. The Morgan fingerprint density at radius 1 is 1.12 bits per heavy atom. The van der Waals surface area contributed by atoms with Gasteiger partial charge in [0.2, 0.25) is 0 Å². The first-order valence-corrected chi connectivity index (χ1v) is 8.59. The summed E-state index contributed by atoms with van der Waals surface area (Å²) in [6.45, 7) is 5.37. The lowest BCUT2D eigenvalue weighted by molar-refractivity contribution is 0.0689. The average Bonchev–Trinajstić information content (AvgIpc) is 2.62. The standard InChI is InChI=1S/C18H30FN3O3.HI/c1-15(25-17-8-6-16(19)7-9-17)14-22-18(20-2)21-10-4-5-11-24-13-12-23-3;/h6-9,15H,4-5,10-14H2,1-3H3,(H2,20,21,22);1H. The second kappa shape index (κ2) is 16.1. The number of rotatable bonds is 12. The van der Waals surface area contributed by atoms with Gasteiger partial charge in [-0.15, -0.1) is 24.0 Å². The van der Waals surface area contributed by atoms with Gasteiger partial charge in [0.05, 0.1) is 19.8 Å². The smallest absolute Gasteiger partial charge is 0.191 e. The Labute approximate surface area is 172 Å². The van der Waals surface area contributed by atoms with Crippen LogP contribution < -0.4 is 15.4 Å². The van der Waals surface area contributed by atoms with Crippen molar-refractivity contribution in [1.29, 1.82) is 0 Å². The lowest BCUT2D eigenvalue weighted by Gasteiger charge is -2.17. The van der Waals surface area contributed by atoms with Crippen molar-refractivity contribution in [1.82, 2.24) is 10.6 Å². The molecule has 0 saturated carbocycles. The number of nitrogens with zero attached hydrogens (tertiary/aromatic N) is 1. The molecule has 1 aromatic rings. The monoisotopic (exact) mass is 483 g/mol. The van der Waals surface area contributed by atoms with Crippen LogP contribution in [0.5, 0.6) is 5.75 Å². The molecule has 1 unspecified atom stereocenters. The molecule has 0 fully saturated rings. The van der Waals surface area contributed by atoms with Gasteiger partial charge in [-0.2, -0.15) is 0 Å². The van der Waals surface area contributed by atoms with Gasteiger partial charge in [-0.25, -0.2) is 4.39 Å². The van der Waals surface area contributed by atoms with E-state index in [9.17, 15) is 4.39 Å². The summed E-state index contributed by atoms with van der Waals surface area (Å²) in [5.74, 6) is 1.11. The molecule has 0 spiro atoms. The van der Waals surface area contributed by atoms with Gasteiger partial charge in [0, 0.05) is 27.3 Å². The fourth-order valence-corrected chi connectivity index (χ4v) is 2.03. The minimum absolute atomic E-state index is 0. The zero-order chi connectivity index (χ0) is 18.3. The summed E-state index contributed by atoms with van der Waals surface area (Å²) >= 11 is 0. The first kappa shape index (κ1) is 24.9. The molecular weight excluding hydrogens is 452 g/mol. The van der Waals surface area contributed by atoms with E-state index in [2.05, 4.69) is 15.6 Å². The van der Waals surface area contributed by atoms with E-state index in [0.29, 0.717) is 25.5 Å². The number of nitrogens with one attached hydrogen (secondary N) is 2. The molecule has 26 heavy (non-hydrogen) atoms. The lowest BCUT2D eigenvalue weighted by atomic mass is 10.3. The summed E-state index contributed by atoms with van der Waals surface area (Å²) < 4.78 is 28.9. The summed E-state index contributed by atoms with van der Waals surface area (Å²) in [4.78, 5) is 4.18. The number of guanidine groups is 1. The van der Waals surface area contributed by atoms with E-state index in [-0.39, 0.29) is 35.9 Å². The van der Waals surface area contributed by atoms with E-state index in [4.69, 9.17) is 14.2 Å². The SMILES string of the molecule is CN=C(NCCCCOCCOC)NCC(C)Oc1ccc(F)cc1.I. The summed E-state index contributed by atoms with van der Waals surface area (Å²) in [6, 6.07) is 6.01. The molecule has 6 nitrogen and oxygen atoms in total. The minimum Gasteiger partial charge on any atom is -0.489 e. The van der Waals surface area contributed by atoms with Gasteiger partial charge in [-0.05, 0) is 44.0 Å². The van der Waals surface area contributed by atoms with E-state index >= 15 is 0 Å². The highest BCUT2D eigenvalue weighted by molar-refractivity contribution is 14.0. The largest absolute Gasteiger partial charge is 0.489 e. The fourth-order valence-electron chi connectivity index (χ4n) is 2.03. The van der Waals surface area contributed by atoms with Crippen molar-refractivity contribution in [3.05, 3.63) is 30.1 Å². The summed E-state index contributed by atoms with van der Waals surface area (Å²) in [6.07, 6.45) is 1.91. The molecule has 0 amide bonds. The van der Waals surface area contributed by atoms with Crippen molar-refractivity contribution < 1.29 is 18.6 Å². The normalized spacial score (nSPS) is 12.2. The fraction of sp³-hybridized carbons (Fsp3) is 0.611. The van der Waals surface area contributed by atoms with Gasteiger partial charge < -0.3 is 24.8 Å². The molecule has 1 rings (SSSR count). The van der Waals surface area contributed by atoms with E-state index < -0.39 is 0 Å². The number of aliphatic imine (C=N–C) groups is 1. The van der Waals surface area contributed by atoms with Crippen molar-refractivity contribution in [2.24, 2.45) is 4.99 Å². The van der Waals surface area contributed by atoms with Crippen LogP contribution >= 0.6 is 24.0 Å². The highest BCUT2D eigenvalue weighted by Crippen LogP contribution is 2.12. The first-order valence-electron chi connectivity index (χ1n) is 8.59. The second-order valence-corrected chi connectivity index (χ2v) is 5.57. The van der Waals surface area contributed by atoms with Crippen molar-refractivity contribution >= 4 is 29.9 Å². The maximum absolute atomic E-state index is 12.9. The number of benzene rings is 1. The van der Waals surface area contributed by atoms with E-state index in [1.165, 1.54) is 12.1 Å². The summed E-state index contributed by atoms with van der Waals surface area (Å²) in [5, 5.41) is 6.46. The molecule has 0 radical (unpaired) electrons. The molecule has 0 aromatic heterocycles. The number of ether oxygens (including phenoxy) is 3. The van der Waals surface area contributed by atoms with Crippen molar-refractivity contribution in [2.45, 2.75) is 25.9 Å². The number of hydrogen-bond donors (Lipinski definition) is 2. The maximum atomic E-state index is 12.9. The Morgan fingerprint density at radius 2 is 1.85 bits per heavy atom. The summed E-state index contributed by atoms with van der Waals surface area (Å²) in [5.41, 5.74) is 0. The number of halogens is 2. The average molecular weight is 483 g/mol. The number of unbranched alkanes of at least 4 members (excludes halogenated alkanes) is 1. The lowest BCUT2D eigenvalue weighted by Crippen LogP contribution is -2.42. The third-order valence-corrected chi connectivity index (χ3v) is 3.37. The third kappa shape index (κ3) is 12.3. The third-order valence-electron chi connectivity index (χ3n) is 3.37. The molecule has 2 N–H and O–H groups in total. The zero-order valence-electron chi connectivity index (χ0n) is 15.8. The number of hydrogen-bond acceptors (Lipinski definition) is 4. The van der Waals surface area contributed by atoms with E-state index in [0.717, 1.165) is 32.0 Å². The zero-order valence-corrected chi connectivity index (χ0v) is 18.1. The number of methoxy groups -OCH3 is 1. The Hall–Kier alpha value is -1.13. The van der Waals surface area contributed by atoms with Gasteiger partial charge in [-0.3, -0.25) is 4.99 Å². The van der Waals surface area contributed by atoms with Gasteiger partial charge >= 0.3 is 0 Å². The Kier molecular flexibility index (Phi) is 15.4. The molecule has 0 aliphatic heterocycles. The van der Waals surface area contributed by atoms with Crippen LogP contribution in [0, 0.1) is 5.82 Å². The quantitative estimate of drug-likeness (QED) is 0.207. The van der Waals surface area contributed by atoms with Crippen molar-refractivity contribution in [2.75, 3.05) is 47.1 Å². The van der Waals surface area contributed by atoms with Crippen LogP contribution in [-0.4, -0.2) is 59.1 Å². The van der Waals surface area contributed by atoms with Crippen molar-refractivity contribution in [3.63, 3.8) is 0 Å². The molecule has 1 aromatic carbocycles. The summed E-state index contributed by atoms with van der Waals surface area (Å²) in [7, 11) is 3.39. The maximum Gasteiger partial charge on any atom is 0.191 e. The van der Waals surface area contributed by atoms with E-state index in [1.807, 2.05) is 6.92 Å². The van der Waals surface area contributed by atoms with Crippen LogP contribution in [0.2, 0.25) is 0 Å². The highest BCUT2D eigenvalue weighted by atomic mass is 127. The van der Waals surface area contributed by atoms with Crippen LogP contribution in [-0.2, 0) is 9.47 Å².